The predicted molar refractivity (Wildman–Crippen MR) is 104 cm³/mol. The van der Waals surface area contributed by atoms with Crippen LogP contribution < -0.4 is 5.32 Å². The largest absolute Gasteiger partial charge is 0.425 e. The second kappa shape index (κ2) is 9.78. The quantitative estimate of drug-likeness (QED) is 0.603. The second-order valence-corrected chi connectivity index (χ2v) is 6.66. The van der Waals surface area contributed by atoms with Crippen LogP contribution in [0.25, 0.3) is 0 Å². The highest BCUT2D eigenvalue weighted by Crippen LogP contribution is 2.17. The molecule has 3 aromatic rings. The number of carbonyl (C=O) groups is 1. The highest BCUT2D eigenvalue weighted by molar-refractivity contribution is 5.76. The van der Waals surface area contributed by atoms with Gasteiger partial charge in [-0.2, -0.15) is 0 Å². The summed E-state index contributed by atoms with van der Waals surface area (Å²) in [6.07, 6.45) is 2.88. The summed E-state index contributed by atoms with van der Waals surface area (Å²) in [5.74, 6) is 0.662. The fourth-order valence-electron chi connectivity index (χ4n) is 2.99. The van der Waals surface area contributed by atoms with E-state index in [2.05, 4.69) is 27.6 Å². The number of amides is 1. The number of hydrogen-bond acceptors (Lipinski definition) is 4. The molecule has 1 N–H and O–H groups in total. The van der Waals surface area contributed by atoms with Crippen molar-refractivity contribution in [3.63, 3.8) is 0 Å². The topological polar surface area (TPSA) is 68.0 Å². The summed E-state index contributed by atoms with van der Waals surface area (Å²) in [7, 11) is 0. The first kappa shape index (κ1) is 19.7. The molecule has 2 aromatic carbocycles. The fraction of sp³-hybridized carbons (Fsp3) is 0.318. The molecule has 6 heteroatoms. The van der Waals surface area contributed by atoms with Gasteiger partial charge in [-0.1, -0.05) is 49.4 Å². The molecular weight excluding hydrogens is 357 g/mol. The van der Waals surface area contributed by atoms with Crippen molar-refractivity contribution in [3.8, 4) is 0 Å². The summed E-state index contributed by atoms with van der Waals surface area (Å²) in [5, 5.41) is 11.1. The summed E-state index contributed by atoms with van der Waals surface area (Å²) in [6, 6.07) is 16.2. The number of benzene rings is 2. The highest BCUT2D eigenvalue weighted by Gasteiger charge is 2.14. The van der Waals surface area contributed by atoms with Crippen molar-refractivity contribution in [3.05, 3.63) is 83.3 Å². The van der Waals surface area contributed by atoms with E-state index in [0.29, 0.717) is 24.6 Å². The van der Waals surface area contributed by atoms with Gasteiger partial charge in [-0.15, -0.1) is 10.2 Å². The zero-order chi connectivity index (χ0) is 19.8. The molecule has 146 valence electrons. The minimum Gasteiger partial charge on any atom is -0.425 e. The van der Waals surface area contributed by atoms with Crippen molar-refractivity contribution in [2.24, 2.45) is 0 Å². The zero-order valence-corrected chi connectivity index (χ0v) is 15.9. The van der Waals surface area contributed by atoms with Gasteiger partial charge in [0.05, 0.1) is 6.04 Å². The van der Waals surface area contributed by atoms with Gasteiger partial charge in [-0.3, -0.25) is 4.79 Å². The van der Waals surface area contributed by atoms with E-state index in [4.69, 9.17) is 4.42 Å². The van der Waals surface area contributed by atoms with Gasteiger partial charge in [-0.05, 0) is 36.1 Å². The lowest BCUT2D eigenvalue weighted by atomic mass is 10.0. The summed E-state index contributed by atoms with van der Waals surface area (Å²) in [5.41, 5.74) is 2.10. The first-order chi connectivity index (χ1) is 13.6. The van der Waals surface area contributed by atoms with Crippen molar-refractivity contribution in [1.29, 1.82) is 0 Å². The molecule has 1 unspecified atom stereocenters. The maximum Gasteiger partial charge on any atom is 0.220 e. The van der Waals surface area contributed by atoms with Crippen LogP contribution in [-0.2, 0) is 24.1 Å². The van der Waals surface area contributed by atoms with Gasteiger partial charge < -0.3 is 9.73 Å². The van der Waals surface area contributed by atoms with Crippen LogP contribution in [0.5, 0.6) is 0 Å². The number of nitrogens with zero attached hydrogens (tertiary/aromatic N) is 2. The zero-order valence-electron chi connectivity index (χ0n) is 15.9. The average Bonchev–Trinajstić information content (AvgIpc) is 3.18. The normalized spacial score (nSPS) is 11.9. The molecule has 5 nitrogen and oxygen atoms in total. The maximum atomic E-state index is 13.1. The van der Waals surface area contributed by atoms with Gasteiger partial charge in [0.25, 0.3) is 0 Å². The van der Waals surface area contributed by atoms with E-state index in [9.17, 15) is 9.18 Å². The number of hydrogen-bond donors (Lipinski definition) is 1. The van der Waals surface area contributed by atoms with E-state index in [1.165, 1.54) is 17.7 Å². The number of aryl methyl sites for hydroxylation is 3. The van der Waals surface area contributed by atoms with Crippen LogP contribution in [0.1, 0.15) is 48.7 Å². The first-order valence-electron chi connectivity index (χ1n) is 9.54. The van der Waals surface area contributed by atoms with E-state index in [0.717, 1.165) is 18.4 Å². The Bertz CT molecular complexity index is 878. The Morgan fingerprint density at radius 3 is 2.36 bits per heavy atom. The molecule has 0 saturated carbocycles. The SMILES string of the molecule is CCC(NC(=O)CCc1nnc(CCc2ccccc2)o1)c1ccc(F)cc1. The molecule has 0 aliphatic carbocycles. The molecule has 3 rings (SSSR count). The van der Waals surface area contributed by atoms with E-state index in [1.807, 2.05) is 25.1 Å². The van der Waals surface area contributed by atoms with Crippen LogP contribution in [0.15, 0.2) is 59.0 Å². The van der Waals surface area contributed by atoms with Crippen LogP contribution >= 0.6 is 0 Å². The molecule has 0 bridgehead atoms. The monoisotopic (exact) mass is 381 g/mol. The van der Waals surface area contributed by atoms with Crippen LogP contribution in [0.2, 0.25) is 0 Å². The number of aromatic nitrogens is 2. The summed E-state index contributed by atoms with van der Waals surface area (Å²) in [6.45, 7) is 1.98. The molecule has 0 aliphatic heterocycles. The van der Waals surface area contributed by atoms with Gasteiger partial charge in [0.15, 0.2) is 0 Å². The van der Waals surface area contributed by atoms with Gasteiger partial charge in [0.1, 0.15) is 5.82 Å². The number of halogens is 1. The standard InChI is InChI=1S/C22H24FN3O2/c1-2-19(17-9-11-18(23)12-10-17)24-20(27)13-15-22-26-25-21(28-22)14-8-16-6-4-3-5-7-16/h3-7,9-12,19H,2,8,13-15H2,1H3,(H,24,27). The van der Waals surface area contributed by atoms with Gasteiger partial charge in [-0.25, -0.2) is 4.39 Å². The molecule has 28 heavy (non-hydrogen) atoms. The van der Waals surface area contributed by atoms with Crippen molar-refractivity contribution in [2.45, 2.75) is 45.1 Å². The number of carbonyl (C=O) groups excluding carboxylic acids is 1. The third-order valence-corrected chi connectivity index (χ3v) is 4.56. The maximum absolute atomic E-state index is 13.1. The summed E-state index contributed by atoms with van der Waals surface area (Å²) >= 11 is 0. The van der Waals surface area contributed by atoms with Crippen molar-refractivity contribution in [2.75, 3.05) is 0 Å². The first-order valence-corrected chi connectivity index (χ1v) is 9.54. The van der Waals surface area contributed by atoms with Crippen LogP contribution in [0.3, 0.4) is 0 Å². The van der Waals surface area contributed by atoms with E-state index < -0.39 is 0 Å². The van der Waals surface area contributed by atoms with Crippen molar-refractivity contribution < 1.29 is 13.6 Å². The third kappa shape index (κ3) is 5.74. The lowest BCUT2D eigenvalue weighted by molar-refractivity contribution is -0.121. The Morgan fingerprint density at radius 1 is 1.00 bits per heavy atom. The molecule has 0 radical (unpaired) electrons. The number of nitrogens with one attached hydrogen (secondary N) is 1. The van der Waals surface area contributed by atoms with Crippen molar-refractivity contribution in [1.82, 2.24) is 15.5 Å². The third-order valence-electron chi connectivity index (χ3n) is 4.56. The summed E-state index contributed by atoms with van der Waals surface area (Å²) in [4.78, 5) is 12.3. The molecule has 1 amide bonds. The summed E-state index contributed by atoms with van der Waals surface area (Å²) < 4.78 is 18.7. The molecular formula is C22H24FN3O2. The predicted octanol–water partition coefficient (Wildman–Crippen LogP) is 4.19. The molecule has 1 atom stereocenters. The van der Waals surface area contributed by atoms with Gasteiger partial charge in [0.2, 0.25) is 17.7 Å². The smallest absolute Gasteiger partial charge is 0.220 e. The highest BCUT2D eigenvalue weighted by atomic mass is 19.1. The lowest BCUT2D eigenvalue weighted by Crippen LogP contribution is -2.28. The molecule has 0 spiro atoms. The van der Waals surface area contributed by atoms with Gasteiger partial charge in [0, 0.05) is 19.3 Å². The molecule has 1 aromatic heterocycles. The Kier molecular flexibility index (Phi) is 6.89. The van der Waals surface area contributed by atoms with Crippen molar-refractivity contribution >= 4 is 5.91 Å². The molecule has 1 heterocycles. The fourth-order valence-corrected chi connectivity index (χ4v) is 2.99. The van der Waals surface area contributed by atoms with E-state index in [1.54, 1.807) is 12.1 Å². The Balaban J connectivity index is 1.46. The number of rotatable bonds is 9. The second-order valence-electron chi connectivity index (χ2n) is 6.66. The van der Waals surface area contributed by atoms with Crippen LogP contribution in [0.4, 0.5) is 4.39 Å². The van der Waals surface area contributed by atoms with Crippen LogP contribution in [0, 0.1) is 5.82 Å². The Morgan fingerprint density at radius 2 is 1.68 bits per heavy atom. The van der Waals surface area contributed by atoms with Gasteiger partial charge >= 0.3 is 0 Å². The average molecular weight is 381 g/mol. The Labute approximate surface area is 164 Å². The Hall–Kier alpha value is -3.02. The van der Waals surface area contributed by atoms with E-state index in [-0.39, 0.29) is 24.2 Å². The molecule has 0 saturated heterocycles. The minimum atomic E-state index is -0.288. The van der Waals surface area contributed by atoms with E-state index >= 15 is 0 Å². The lowest BCUT2D eigenvalue weighted by Gasteiger charge is -2.17. The molecule has 0 fully saturated rings. The molecule has 0 aliphatic rings. The van der Waals surface area contributed by atoms with Crippen LogP contribution in [-0.4, -0.2) is 16.1 Å². The minimum absolute atomic E-state index is 0.0970.